The van der Waals surface area contributed by atoms with Crippen LogP contribution in [-0.2, 0) is 23.7 Å². The third kappa shape index (κ3) is 7.06. The Kier molecular flexibility index (Phi) is 11.9. The summed E-state index contributed by atoms with van der Waals surface area (Å²) in [5, 5.41) is 74.8. The van der Waals surface area contributed by atoms with Crippen LogP contribution in [0.1, 0.15) is 12.8 Å². The van der Waals surface area contributed by atoms with Crippen LogP contribution >= 0.6 is 0 Å². The molecule has 3 aliphatic rings. The van der Waals surface area contributed by atoms with Crippen LogP contribution < -0.4 is 34.0 Å². The van der Waals surface area contributed by atoms with Gasteiger partial charge in [-0.2, -0.15) is 0 Å². The normalized spacial score (nSPS) is 47.0. The van der Waals surface area contributed by atoms with Gasteiger partial charge in [0.1, 0.15) is 61.0 Å². The van der Waals surface area contributed by atoms with Crippen LogP contribution in [0.3, 0.4) is 0 Å². The molecule has 0 aromatic rings. The molecule has 2 saturated heterocycles. The van der Waals surface area contributed by atoms with Crippen molar-refractivity contribution < 1.29 is 59.5 Å². The first-order chi connectivity index (χ1) is 18.9. The van der Waals surface area contributed by atoms with Crippen LogP contribution in [0.15, 0.2) is 0 Å². The van der Waals surface area contributed by atoms with Gasteiger partial charge in [0, 0.05) is 12.6 Å². The molecule has 0 aromatic heterocycles. The Morgan fingerprint density at radius 1 is 0.850 bits per heavy atom. The molecule has 18 N–H and O–H groups in total. The maximum atomic E-state index is 12.6. The molecule has 0 unspecified atom stereocenters. The Morgan fingerprint density at radius 3 is 2.08 bits per heavy atom. The summed E-state index contributed by atoms with van der Waals surface area (Å²) in [5.74, 6) is -0.825. The van der Waals surface area contributed by atoms with Crippen molar-refractivity contribution >= 4 is 5.91 Å². The number of aliphatic hydroxyl groups is 7. The van der Waals surface area contributed by atoms with E-state index in [9.17, 15) is 40.5 Å². The maximum absolute atomic E-state index is 12.6. The molecule has 3 fully saturated rings. The zero-order valence-corrected chi connectivity index (χ0v) is 21.8. The third-order valence-corrected chi connectivity index (χ3v) is 7.59. The summed E-state index contributed by atoms with van der Waals surface area (Å²) in [5.41, 5.74) is 29.2. The number of amides is 1. The Balaban J connectivity index is 1.85. The van der Waals surface area contributed by atoms with Gasteiger partial charge in [0.15, 0.2) is 12.6 Å². The highest BCUT2D eigenvalue weighted by atomic mass is 16.7. The van der Waals surface area contributed by atoms with Crippen molar-refractivity contribution in [1.82, 2.24) is 5.32 Å². The molecule has 16 atom stereocenters. The SMILES string of the molecule is NCC[C@H](O)C(=O)N[C@@H]1C[C@@H](N)[C@@H](O[C@H]2O[C@@H](CN)[C@@H](O)[C@H](O)[C@H]2N)[C@H](O)[C@H]1O[C@H]1O[C@@H](CO)[C@@H](O)[C@H](N)[C@H]1O. The quantitative estimate of drug-likeness (QED) is 0.113. The number of ether oxygens (including phenoxy) is 4. The first kappa shape index (κ1) is 33.3. The van der Waals surface area contributed by atoms with Crippen LogP contribution in [0.25, 0.3) is 0 Å². The fraction of sp³-hybridized carbons (Fsp3) is 0.955. The van der Waals surface area contributed by atoms with Gasteiger partial charge in [0.2, 0.25) is 5.91 Å². The molecule has 0 radical (unpaired) electrons. The van der Waals surface area contributed by atoms with Gasteiger partial charge in [-0.15, -0.1) is 0 Å². The number of hydrogen-bond acceptors (Lipinski definition) is 17. The Labute approximate surface area is 230 Å². The second-order valence-corrected chi connectivity index (χ2v) is 10.4. The fourth-order valence-electron chi connectivity index (χ4n) is 5.11. The summed E-state index contributed by atoms with van der Waals surface area (Å²) in [6, 6.07) is -4.61. The predicted octanol–water partition coefficient (Wildman–Crippen LogP) is -8.46. The van der Waals surface area contributed by atoms with Gasteiger partial charge in [-0.3, -0.25) is 4.79 Å². The summed E-state index contributed by atoms with van der Waals surface area (Å²) in [4.78, 5) is 12.6. The molecule has 0 spiro atoms. The van der Waals surface area contributed by atoms with E-state index in [0.29, 0.717) is 0 Å². The van der Waals surface area contributed by atoms with Gasteiger partial charge >= 0.3 is 0 Å². The monoisotopic (exact) mass is 584 g/mol. The molecule has 1 aliphatic carbocycles. The van der Waals surface area contributed by atoms with Crippen molar-refractivity contribution in [2.24, 2.45) is 28.7 Å². The minimum atomic E-state index is -1.66. The number of carbonyl (C=O) groups excluding carboxylic acids is 1. The van der Waals surface area contributed by atoms with Crippen molar-refractivity contribution in [2.45, 2.75) is 111 Å². The number of carbonyl (C=O) groups is 1. The predicted molar refractivity (Wildman–Crippen MR) is 133 cm³/mol. The molecular weight excluding hydrogens is 540 g/mol. The van der Waals surface area contributed by atoms with E-state index >= 15 is 0 Å². The number of nitrogens with two attached hydrogens (primary N) is 5. The van der Waals surface area contributed by atoms with Crippen molar-refractivity contribution in [3.8, 4) is 0 Å². The Hall–Kier alpha value is -1.17. The van der Waals surface area contributed by atoms with E-state index in [2.05, 4.69) is 5.32 Å². The first-order valence-electron chi connectivity index (χ1n) is 13.1. The maximum Gasteiger partial charge on any atom is 0.249 e. The van der Waals surface area contributed by atoms with Crippen molar-refractivity contribution in [3.63, 3.8) is 0 Å². The Bertz CT molecular complexity index is 816. The van der Waals surface area contributed by atoms with Crippen LogP contribution in [0.5, 0.6) is 0 Å². The molecule has 1 amide bonds. The van der Waals surface area contributed by atoms with Gasteiger partial charge in [-0.1, -0.05) is 0 Å². The lowest BCUT2D eigenvalue weighted by atomic mass is 9.83. The van der Waals surface area contributed by atoms with E-state index < -0.39 is 110 Å². The smallest absolute Gasteiger partial charge is 0.249 e. The summed E-state index contributed by atoms with van der Waals surface area (Å²) in [7, 11) is 0. The highest BCUT2D eigenvalue weighted by Crippen LogP contribution is 2.31. The molecule has 2 heterocycles. The topological polar surface area (TPSA) is 338 Å². The lowest BCUT2D eigenvalue weighted by Gasteiger charge is -2.49. The van der Waals surface area contributed by atoms with Crippen molar-refractivity contribution in [3.05, 3.63) is 0 Å². The van der Waals surface area contributed by atoms with Crippen LogP contribution in [0.4, 0.5) is 0 Å². The van der Waals surface area contributed by atoms with E-state index in [1.54, 1.807) is 0 Å². The van der Waals surface area contributed by atoms with E-state index in [-0.39, 0.29) is 25.9 Å². The fourth-order valence-corrected chi connectivity index (χ4v) is 5.11. The number of hydrogen-bond donors (Lipinski definition) is 13. The van der Waals surface area contributed by atoms with E-state index in [4.69, 9.17) is 47.6 Å². The van der Waals surface area contributed by atoms with Crippen molar-refractivity contribution in [2.75, 3.05) is 19.7 Å². The number of rotatable bonds is 10. The number of nitrogens with one attached hydrogen (secondary N) is 1. The minimum absolute atomic E-state index is 0.0219. The molecule has 0 bridgehead atoms. The standard InChI is InChI=1S/C22H44N6O12/c23-2-1-8(30)20(36)28-7-3-6(25)18(39-21-12(27)15(33)14(32)9(4-24)37-21)17(35)19(7)40-22-16(34)11(26)13(31)10(5-29)38-22/h6-19,21-22,29-35H,1-5,23-27H2,(H,28,36)/t6-,7-,8+,9+,10+,11+,12-,13-,14-,15-,16-,17+,18-,19+,21-,22-/m1/s1. The first-order valence-corrected chi connectivity index (χ1v) is 13.1. The second-order valence-electron chi connectivity index (χ2n) is 10.4. The summed E-state index contributed by atoms with van der Waals surface area (Å²) in [6.07, 6.45) is -17.1. The largest absolute Gasteiger partial charge is 0.394 e. The lowest BCUT2D eigenvalue weighted by Crippen LogP contribution is -2.70. The number of aliphatic hydroxyl groups excluding tert-OH is 7. The molecule has 1 saturated carbocycles. The highest BCUT2D eigenvalue weighted by molar-refractivity contribution is 5.80. The summed E-state index contributed by atoms with van der Waals surface area (Å²) >= 11 is 0. The zero-order chi connectivity index (χ0) is 29.9. The molecule has 18 heteroatoms. The molecule has 3 rings (SSSR count). The van der Waals surface area contributed by atoms with Crippen LogP contribution in [-0.4, -0.2) is 159 Å². The molecule has 0 aromatic carbocycles. The highest BCUT2D eigenvalue weighted by Gasteiger charge is 2.52. The van der Waals surface area contributed by atoms with Crippen molar-refractivity contribution in [1.29, 1.82) is 0 Å². The summed E-state index contributed by atoms with van der Waals surface area (Å²) < 4.78 is 22.8. The lowest BCUT2D eigenvalue weighted by molar-refractivity contribution is -0.319. The molecule has 234 valence electrons. The minimum Gasteiger partial charge on any atom is -0.394 e. The average molecular weight is 585 g/mol. The molecule has 2 aliphatic heterocycles. The van der Waals surface area contributed by atoms with Gasteiger partial charge in [-0.05, 0) is 19.4 Å². The van der Waals surface area contributed by atoms with Gasteiger partial charge in [0.05, 0.1) is 24.7 Å². The van der Waals surface area contributed by atoms with E-state index in [1.807, 2.05) is 0 Å². The van der Waals surface area contributed by atoms with Gasteiger partial charge in [0.25, 0.3) is 0 Å². The molecule has 40 heavy (non-hydrogen) atoms. The van der Waals surface area contributed by atoms with E-state index in [0.717, 1.165) is 0 Å². The van der Waals surface area contributed by atoms with Crippen LogP contribution in [0, 0.1) is 0 Å². The van der Waals surface area contributed by atoms with Gasteiger partial charge < -0.3 is 88.7 Å². The average Bonchev–Trinajstić information content (AvgIpc) is 2.92. The second kappa shape index (κ2) is 14.3. The molecule has 18 nitrogen and oxygen atoms in total. The van der Waals surface area contributed by atoms with Gasteiger partial charge in [-0.25, -0.2) is 0 Å². The Morgan fingerprint density at radius 2 is 1.48 bits per heavy atom. The van der Waals surface area contributed by atoms with Crippen LogP contribution in [0.2, 0.25) is 0 Å². The van der Waals surface area contributed by atoms with E-state index in [1.165, 1.54) is 0 Å². The summed E-state index contributed by atoms with van der Waals surface area (Å²) in [6.45, 7) is -0.817. The molecular formula is C22H44N6O12. The zero-order valence-electron chi connectivity index (χ0n) is 21.8. The third-order valence-electron chi connectivity index (χ3n) is 7.59.